The maximum Gasteiger partial charge on any atom is 0.329 e. The van der Waals surface area contributed by atoms with Crippen LogP contribution in [-0.2, 0) is 54.7 Å². The Morgan fingerprint density at radius 3 is 1.33 bits per heavy atom. The number of ether oxygens (including phenoxy) is 2. The molecule has 0 aromatic heterocycles. The molecule has 0 saturated carbocycles. The van der Waals surface area contributed by atoms with Gasteiger partial charge in [-0.25, -0.2) is 4.79 Å². The molecule has 0 fully saturated rings. The minimum Gasteiger partial charge on any atom is -0.461 e. The number of carbonyl (C=O) groups excluding carboxylic acids is 4. The number of hydrogen-bond acceptors (Lipinski definition) is 6. The van der Waals surface area contributed by atoms with Crippen LogP contribution in [0.4, 0.5) is 0 Å². The van der Waals surface area contributed by atoms with E-state index in [1.165, 1.54) is 0 Å². The first kappa shape index (κ1) is 29.9. The molecule has 0 spiro atoms. The first-order chi connectivity index (χ1) is 20.5. The Morgan fingerprint density at radius 1 is 0.524 bits per heavy atom. The van der Waals surface area contributed by atoms with E-state index in [4.69, 9.17) is 9.47 Å². The van der Waals surface area contributed by atoms with Crippen molar-refractivity contribution < 1.29 is 28.7 Å². The molecule has 1 atom stereocenters. The quantitative estimate of drug-likeness (QED) is 0.201. The molecule has 0 aliphatic heterocycles. The third-order valence-electron chi connectivity index (χ3n) is 6.61. The Morgan fingerprint density at radius 2 is 0.905 bits per heavy atom. The first-order valence-corrected chi connectivity index (χ1v) is 13.8. The van der Waals surface area contributed by atoms with Crippen LogP contribution in [0.25, 0.3) is 0 Å². The zero-order valence-electron chi connectivity index (χ0n) is 23.3. The zero-order valence-corrected chi connectivity index (χ0v) is 23.3. The van der Waals surface area contributed by atoms with Gasteiger partial charge in [-0.2, -0.15) is 0 Å². The molecular formula is C35H33NO6. The molecule has 0 saturated heterocycles. The van der Waals surface area contributed by atoms with Crippen LogP contribution in [0.1, 0.15) is 35.1 Å². The molecule has 4 rings (SSSR count). The summed E-state index contributed by atoms with van der Waals surface area (Å²) in [4.78, 5) is 54.6. The highest BCUT2D eigenvalue weighted by Gasteiger charge is 2.36. The topological polar surface area (TPSA) is 90.0 Å². The van der Waals surface area contributed by atoms with Crippen LogP contribution in [0.2, 0.25) is 0 Å². The van der Waals surface area contributed by atoms with Gasteiger partial charge in [-0.1, -0.05) is 121 Å². The number of esters is 2. The van der Waals surface area contributed by atoms with Gasteiger partial charge >= 0.3 is 11.9 Å². The van der Waals surface area contributed by atoms with E-state index in [1.54, 1.807) is 48.5 Å². The Hall–Kier alpha value is -5.04. The lowest BCUT2D eigenvalue weighted by molar-refractivity contribution is -0.163. The number of hydrogen-bond donors (Lipinski definition) is 0. The van der Waals surface area contributed by atoms with Gasteiger partial charge in [-0.3, -0.25) is 19.3 Å². The van der Waals surface area contributed by atoms with Crippen LogP contribution in [0.5, 0.6) is 0 Å². The zero-order chi connectivity index (χ0) is 29.6. The lowest BCUT2D eigenvalue weighted by Crippen LogP contribution is -2.50. The van der Waals surface area contributed by atoms with Crippen LogP contribution in [0.15, 0.2) is 121 Å². The van der Waals surface area contributed by atoms with Gasteiger partial charge in [-0.15, -0.1) is 0 Å². The molecule has 0 aliphatic carbocycles. The first-order valence-electron chi connectivity index (χ1n) is 13.8. The predicted octanol–water partition coefficient (Wildman–Crippen LogP) is 5.46. The van der Waals surface area contributed by atoms with E-state index in [9.17, 15) is 19.2 Å². The van der Waals surface area contributed by atoms with E-state index in [2.05, 4.69) is 0 Å². The van der Waals surface area contributed by atoms with E-state index in [0.717, 1.165) is 16.0 Å². The van der Waals surface area contributed by atoms with Gasteiger partial charge in [-0.05, 0) is 28.7 Å². The molecule has 0 radical (unpaired) electrons. The molecule has 2 amide bonds. The fraction of sp³-hybridized carbons (Fsp3) is 0.200. The van der Waals surface area contributed by atoms with Gasteiger partial charge in [0.05, 0.1) is 12.8 Å². The lowest BCUT2D eigenvalue weighted by atomic mass is 10.0. The number of amides is 2. The van der Waals surface area contributed by atoms with Crippen molar-refractivity contribution in [2.24, 2.45) is 0 Å². The highest BCUT2D eigenvalue weighted by Crippen LogP contribution is 2.18. The molecule has 1 unspecified atom stereocenters. The summed E-state index contributed by atoms with van der Waals surface area (Å²) in [5.74, 6) is -2.42. The summed E-state index contributed by atoms with van der Waals surface area (Å²) >= 11 is 0. The SMILES string of the molecule is O=C(CCC(C(=O)OCc1ccccc1)N(C(=O)Cc1ccccc1)C(=O)Cc1ccccc1)OCc1ccccc1. The molecular weight excluding hydrogens is 530 g/mol. The molecule has 42 heavy (non-hydrogen) atoms. The van der Waals surface area contributed by atoms with Crippen molar-refractivity contribution in [3.63, 3.8) is 0 Å². The summed E-state index contributed by atoms with van der Waals surface area (Å²) in [5.41, 5.74) is 2.96. The number of rotatable bonds is 13. The van der Waals surface area contributed by atoms with Crippen molar-refractivity contribution in [2.45, 2.75) is 44.9 Å². The monoisotopic (exact) mass is 563 g/mol. The summed E-state index contributed by atoms with van der Waals surface area (Å²) in [5, 5.41) is 0. The molecule has 7 nitrogen and oxygen atoms in total. The third kappa shape index (κ3) is 9.27. The molecule has 0 N–H and O–H groups in total. The highest BCUT2D eigenvalue weighted by atomic mass is 16.5. The van der Waals surface area contributed by atoms with Crippen molar-refractivity contribution in [1.29, 1.82) is 0 Å². The average Bonchev–Trinajstić information content (AvgIpc) is 3.02. The number of carbonyl (C=O) groups is 4. The predicted molar refractivity (Wildman–Crippen MR) is 158 cm³/mol. The van der Waals surface area contributed by atoms with Crippen molar-refractivity contribution in [2.75, 3.05) is 0 Å². The normalized spacial score (nSPS) is 11.2. The molecule has 214 valence electrons. The van der Waals surface area contributed by atoms with E-state index in [-0.39, 0.29) is 38.9 Å². The highest BCUT2D eigenvalue weighted by molar-refractivity contribution is 6.01. The van der Waals surface area contributed by atoms with E-state index < -0.39 is 29.8 Å². The maximum absolute atomic E-state index is 13.7. The molecule has 0 bridgehead atoms. The summed E-state index contributed by atoms with van der Waals surface area (Å²) in [7, 11) is 0. The summed E-state index contributed by atoms with van der Waals surface area (Å²) in [6.45, 7) is 0.0363. The van der Waals surface area contributed by atoms with Crippen LogP contribution < -0.4 is 0 Å². The minimum absolute atomic E-state index is 0.0395. The number of benzene rings is 4. The molecule has 0 aliphatic rings. The van der Waals surface area contributed by atoms with Crippen molar-refractivity contribution in [1.82, 2.24) is 4.90 Å². The average molecular weight is 564 g/mol. The smallest absolute Gasteiger partial charge is 0.329 e. The van der Waals surface area contributed by atoms with E-state index in [0.29, 0.717) is 11.1 Å². The number of nitrogens with zero attached hydrogens (tertiary/aromatic N) is 1. The Labute approximate surface area is 245 Å². The van der Waals surface area contributed by atoms with Crippen LogP contribution in [0, 0.1) is 0 Å². The molecule has 4 aromatic carbocycles. The number of imide groups is 1. The second-order valence-electron chi connectivity index (χ2n) is 9.78. The second kappa shape index (κ2) is 15.7. The van der Waals surface area contributed by atoms with Crippen LogP contribution in [0.3, 0.4) is 0 Å². The second-order valence-corrected chi connectivity index (χ2v) is 9.78. The summed E-state index contributed by atoms with van der Waals surface area (Å²) in [6.07, 6.45) is -0.515. The van der Waals surface area contributed by atoms with Crippen LogP contribution >= 0.6 is 0 Å². The Balaban J connectivity index is 1.56. The fourth-order valence-corrected chi connectivity index (χ4v) is 4.44. The van der Waals surface area contributed by atoms with Crippen LogP contribution in [-0.4, -0.2) is 34.7 Å². The Kier molecular flexibility index (Phi) is 11.2. The van der Waals surface area contributed by atoms with Gasteiger partial charge < -0.3 is 9.47 Å². The molecule has 4 aromatic rings. The maximum atomic E-state index is 13.7. The summed E-state index contributed by atoms with van der Waals surface area (Å²) < 4.78 is 11.0. The third-order valence-corrected chi connectivity index (χ3v) is 6.61. The van der Waals surface area contributed by atoms with Gasteiger partial charge in [0.1, 0.15) is 19.3 Å². The van der Waals surface area contributed by atoms with Gasteiger partial charge in [0.15, 0.2) is 0 Å². The van der Waals surface area contributed by atoms with Gasteiger partial charge in [0.2, 0.25) is 11.8 Å². The van der Waals surface area contributed by atoms with Gasteiger partial charge in [0, 0.05) is 6.42 Å². The molecule has 7 heteroatoms. The van der Waals surface area contributed by atoms with Crippen molar-refractivity contribution in [3.05, 3.63) is 144 Å². The largest absolute Gasteiger partial charge is 0.461 e. The van der Waals surface area contributed by atoms with Gasteiger partial charge in [0.25, 0.3) is 0 Å². The van der Waals surface area contributed by atoms with Crippen molar-refractivity contribution in [3.8, 4) is 0 Å². The van der Waals surface area contributed by atoms with Crippen molar-refractivity contribution >= 4 is 23.8 Å². The Bertz CT molecular complexity index is 1390. The standard InChI is InChI=1S/C35H33NO6/c37-32(23-27-13-5-1-6-14-27)36(33(38)24-28-15-7-2-8-16-28)31(35(40)42-26-30-19-11-4-12-20-30)21-22-34(39)41-25-29-17-9-3-10-18-29/h1-20,31H,21-26H2. The van der Waals surface area contributed by atoms with E-state index in [1.807, 2.05) is 72.8 Å². The molecule has 0 heterocycles. The fourth-order valence-electron chi connectivity index (χ4n) is 4.44. The summed E-state index contributed by atoms with van der Waals surface area (Å²) in [6, 6.07) is 35.0. The van der Waals surface area contributed by atoms with E-state index >= 15 is 0 Å². The minimum atomic E-state index is -1.31. The lowest BCUT2D eigenvalue weighted by Gasteiger charge is -2.29.